The van der Waals surface area contributed by atoms with Crippen molar-refractivity contribution in [3.05, 3.63) is 167 Å². The van der Waals surface area contributed by atoms with Crippen LogP contribution in [-0.2, 0) is 21.7 Å². The molecule has 0 spiro atoms. The molecule has 294 valence electrons. The van der Waals surface area contributed by atoms with Gasteiger partial charge >= 0.3 is 5.95 Å². The molecular weight excluding hydrogens is 745 g/mol. The first kappa shape index (κ1) is 37.9. The minimum atomic E-state index is -1.14. The summed E-state index contributed by atoms with van der Waals surface area (Å²) >= 11 is 0. The number of aliphatic hydroxyl groups excluding tert-OH is 1. The van der Waals surface area contributed by atoms with Crippen LogP contribution in [0.3, 0.4) is 0 Å². The van der Waals surface area contributed by atoms with Gasteiger partial charge in [-0.2, -0.15) is 0 Å². The molecule has 0 saturated carbocycles. The number of nitrogens with zero attached hydrogens (tertiary/aromatic N) is 8. The molecule has 7 aromatic rings. The highest BCUT2D eigenvalue weighted by Gasteiger charge is 2.42. The number of aliphatic hydroxyl groups is 1. The number of carbonyl (C=O) groups excluding carboxylic acids is 1. The minimum absolute atomic E-state index is 0.0134. The van der Waals surface area contributed by atoms with Crippen molar-refractivity contribution in [1.82, 2.24) is 29.1 Å². The lowest BCUT2D eigenvalue weighted by atomic mass is 9.80. The number of fused-ring (bicyclic) bond motifs is 1. The number of aromatic nitrogens is 6. The second-order valence-corrected chi connectivity index (χ2v) is 13.5. The van der Waals surface area contributed by atoms with E-state index in [1.807, 2.05) is 78.9 Å². The van der Waals surface area contributed by atoms with E-state index in [1.54, 1.807) is 49.1 Å². The summed E-state index contributed by atoms with van der Waals surface area (Å²) in [7, 11) is 3.22. The molecule has 0 radical (unpaired) electrons. The number of hydrogen-bond donors (Lipinski definition) is 1. The number of ether oxygens (including phenoxy) is 4. The summed E-state index contributed by atoms with van der Waals surface area (Å²) in [5, 5.41) is 23.3. The predicted octanol–water partition coefficient (Wildman–Crippen LogP) is 5.91. The standard InChI is InChI=1S/C42H38N8O8/c1-55-32-17-13-30(14-18-32)42(29-11-7-4-8-12-29,31-15-19-33(56-2)20-16-31)57-24-35-34(51)23-36(58-35)48-26-46-37-38(48)44-25-45-39(37)49(40(52)28-9-5-3-6-10-28)27-47-22-21-43-41(47)50(53)54/h3-22,25-26,34-36,51H,23-24,27H2,1-2H3/t34-,35+,36+/m0/s1. The lowest BCUT2D eigenvalue weighted by molar-refractivity contribution is -0.396. The summed E-state index contributed by atoms with van der Waals surface area (Å²) in [6.45, 7) is -0.298. The molecular formula is C42H38N8O8. The van der Waals surface area contributed by atoms with Crippen LogP contribution in [0.15, 0.2) is 134 Å². The number of carbonyl (C=O) groups is 1. The molecule has 1 N–H and O–H groups in total. The fourth-order valence-electron chi connectivity index (χ4n) is 7.27. The normalized spacial score (nSPS) is 16.6. The molecule has 1 amide bonds. The summed E-state index contributed by atoms with van der Waals surface area (Å²) in [5.74, 6) is 0.573. The Labute approximate surface area is 332 Å². The van der Waals surface area contributed by atoms with E-state index >= 15 is 0 Å². The fourth-order valence-corrected chi connectivity index (χ4v) is 7.27. The maximum Gasteiger partial charge on any atom is 0.436 e. The zero-order valence-electron chi connectivity index (χ0n) is 31.4. The lowest BCUT2D eigenvalue weighted by Gasteiger charge is -2.37. The summed E-state index contributed by atoms with van der Waals surface area (Å²) < 4.78 is 27.4. The van der Waals surface area contributed by atoms with Gasteiger partial charge in [0.1, 0.15) is 48.2 Å². The number of anilines is 1. The number of rotatable bonds is 14. The van der Waals surface area contributed by atoms with E-state index in [1.165, 1.54) is 34.5 Å². The summed E-state index contributed by atoms with van der Waals surface area (Å²) in [5.41, 5.74) is 2.28. The van der Waals surface area contributed by atoms with Gasteiger partial charge < -0.3 is 34.2 Å². The molecule has 4 heterocycles. The van der Waals surface area contributed by atoms with E-state index in [9.17, 15) is 20.0 Å². The second-order valence-electron chi connectivity index (χ2n) is 13.5. The third kappa shape index (κ3) is 7.11. The molecule has 1 saturated heterocycles. The summed E-state index contributed by atoms with van der Waals surface area (Å²) in [6, 6.07) is 33.6. The Morgan fingerprint density at radius 3 is 2.12 bits per heavy atom. The van der Waals surface area contributed by atoms with Crippen LogP contribution in [0.25, 0.3) is 11.2 Å². The van der Waals surface area contributed by atoms with E-state index in [0.717, 1.165) is 16.7 Å². The highest BCUT2D eigenvalue weighted by molar-refractivity contribution is 6.08. The van der Waals surface area contributed by atoms with Crippen LogP contribution in [0, 0.1) is 10.1 Å². The molecule has 1 aliphatic rings. The molecule has 58 heavy (non-hydrogen) atoms. The van der Waals surface area contributed by atoms with Crippen LogP contribution in [0.4, 0.5) is 11.8 Å². The molecule has 3 aromatic heterocycles. The molecule has 3 atom stereocenters. The summed E-state index contributed by atoms with van der Waals surface area (Å²) in [4.78, 5) is 43.8. The van der Waals surface area contributed by atoms with Crippen molar-refractivity contribution in [2.45, 2.75) is 37.1 Å². The Kier molecular flexibility index (Phi) is 10.6. The van der Waals surface area contributed by atoms with Crippen molar-refractivity contribution >= 4 is 28.8 Å². The number of hydrogen-bond acceptors (Lipinski definition) is 12. The van der Waals surface area contributed by atoms with Crippen molar-refractivity contribution in [3.8, 4) is 11.5 Å². The van der Waals surface area contributed by atoms with Gasteiger partial charge in [0.2, 0.25) is 0 Å². The number of amides is 1. The lowest BCUT2D eigenvalue weighted by Crippen LogP contribution is -2.38. The molecule has 0 aliphatic carbocycles. The van der Waals surface area contributed by atoms with Crippen molar-refractivity contribution in [3.63, 3.8) is 0 Å². The average molecular weight is 783 g/mol. The number of nitro groups is 1. The molecule has 1 aliphatic heterocycles. The van der Waals surface area contributed by atoms with Gasteiger partial charge in [0.25, 0.3) is 5.91 Å². The highest BCUT2D eigenvalue weighted by atomic mass is 16.6. The average Bonchev–Trinajstić information content (AvgIpc) is 4.02. The van der Waals surface area contributed by atoms with E-state index in [4.69, 9.17) is 18.9 Å². The van der Waals surface area contributed by atoms with Gasteiger partial charge in [-0.15, -0.1) is 0 Å². The first-order chi connectivity index (χ1) is 28.3. The van der Waals surface area contributed by atoms with Crippen LogP contribution in [0.1, 0.15) is 39.7 Å². The molecule has 1 fully saturated rings. The Bertz CT molecular complexity index is 2470. The van der Waals surface area contributed by atoms with Gasteiger partial charge in [-0.3, -0.25) is 14.3 Å². The molecule has 8 rings (SSSR count). The van der Waals surface area contributed by atoms with Gasteiger partial charge in [-0.1, -0.05) is 77.8 Å². The van der Waals surface area contributed by atoms with Gasteiger partial charge in [0, 0.05) is 12.0 Å². The second kappa shape index (κ2) is 16.2. The number of methoxy groups -OCH3 is 2. The molecule has 4 aromatic carbocycles. The maximum atomic E-state index is 14.0. The molecule has 16 heteroatoms. The van der Waals surface area contributed by atoms with Gasteiger partial charge in [0.15, 0.2) is 23.7 Å². The van der Waals surface area contributed by atoms with E-state index in [2.05, 4.69) is 19.9 Å². The van der Waals surface area contributed by atoms with E-state index < -0.39 is 40.8 Å². The van der Waals surface area contributed by atoms with Crippen LogP contribution < -0.4 is 14.4 Å². The first-order valence-corrected chi connectivity index (χ1v) is 18.3. The van der Waals surface area contributed by atoms with Gasteiger partial charge in [0.05, 0.1) is 33.3 Å². The van der Waals surface area contributed by atoms with Crippen molar-refractivity contribution in [1.29, 1.82) is 0 Å². The third-order valence-corrected chi connectivity index (χ3v) is 10.2. The highest BCUT2D eigenvalue weighted by Crippen LogP contribution is 2.43. The van der Waals surface area contributed by atoms with Crippen LogP contribution in [0.5, 0.6) is 11.5 Å². The van der Waals surface area contributed by atoms with Crippen LogP contribution in [-0.4, -0.2) is 78.0 Å². The quantitative estimate of drug-likeness (QED) is 0.0784. The molecule has 0 unspecified atom stereocenters. The SMILES string of the molecule is COc1ccc(C(OC[C@H]2O[C@@H](n3cnc4c(N(Cn5ccnc5[N+](=O)[O-])C(=O)c5ccccc5)ncnc43)C[C@@H]2O)(c2ccccc2)c2ccc(OC)cc2)cc1. The fraction of sp³-hybridized carbons (Fsp3) is 0.214. The van der Waals surface area contributed by atoms with E-state index in [0.29, 0.717) is 22.7 Å². The van der Waals surface area contributed by atoms with Crippen LogP contribution >= 0.6 is 0 Å². The third-order valence-electron chi connectivity index (χ3n) is 10.2. The Balaban J connectivity index is 1.12. The van der Waals surface area contributed by atoms with Crippen molar-refractivity contribution in [2.24, 2.45) is 0 Å². The number of imidazole rings is 2. The van der Waals surface area contributed by atoms with Gasteiger partial charge in [-0.05, 0) is 58.0 Å². The smallest absolute Gasteiger partial charge is 0.436 e. The maximum absolute atomic E-state index is 14.0. The van der Waals surface area contributed by atoms with Crippen molar-refractivity contribution in [2.75, 3.05) is 25.7 Å². The predicted molar refractivity (Wildman–Crippen MR) is 210 cm³/mol. The Hall–Kier alpha value is -7.01. The minimum Gasteiger partial charge on any atom is -0.497 e. The largest absolute Gasteiger partial charge is 0.497 e. The summed E-state index contributed by atoms with van der Waals surface area (Å²) in [6.07, 6.45) is 3.22. The van der Waals surface area contributed by atoms with Crippen LogP contribution in [0.2, 0.25) is 0 Å². The topological polar surface area (TPSA) is 182 Å². The Morgan fingerprint density at radius 1 is 0.879 bits per heavy atom. The van der Waals surface area contributed by atoms with Crippen molar-refractivity contribution < 1.29 is 33.8 Å². The first-order valence-electron chi connectivity index (χ1n) is 18.3. The van der Waals surface area contributed by atoms with Gasteiger partial charge in [-0.25, -0.2) is 19.5 Å². The zero-order valence-corrected chi connectivity index (χ0v) is 31.4. The Morgan fingerprint density at radius 2 is 1.50 bits per heavy atom. The molecule has 16 nitrogen and oxygen atoms in total. The zero-order chi connectivity index (χ0) is 40.2. The monoisotopic (exact) mass is 782 g/mol. The molecule has 0 bridgehead atoms. The number of benzene rings is 4. The van der Waals surface area contributed by atoms with E-state index in [-0.39, 0.29) is 31.0 Å².